The van der Waals surface area contributed by atoms with Gasteiger partial charge in [0.1, 0.15) is 5.01 Å². The van der Waals surface area contributed by atoms with Gasteiger partial charge in [-0.25, -0.2) is 0 Å². The minimum absolute atomic E-state index is 0.0457. The average molecular weight is 512 g/mol. The number of rotatable bonds is 7. The highest BCUT2D eigenvalue weighted by Gasteiger charge is 2.34. The summed E-state index contributed by atoms with van der Waals surface area (Å²) in [5.41, 5.74) is 3.51. The van der Waals surface area contributed by atoms with Crippen LogP contribution in [-0.2, 0) is 11.2 Å². The first-order valence-electron chi connectivity index (χ1n) is 12.0. The van der Waals surface area contributed by atoms with Crippen molar-refractivity contribution in [3.8, 4) is 0 Å². The van der Waals surface area contributed by atoms with E-state index >= 15 is 0 Å². The molecule has 4 aromatic rings. The molecule has 1 fully saturated rings. The lowest BCUT2D eigenvalue weighted by molar-refractivity contribution is -0.117. The largest absolute Gasteiger partial charge is 0.322 e. The third kappa shape index (κ3) is 5.57. The monoisotopic (exact) mass is 511 g/mol. The second-order valence-corrected chi connectivity index (χ2v) is 9.74. The van der Waals surface area contributed by atoms with Crippen LogP contribution in [0.4, 0.5) is 16.5 Å². The van der Waals surface area contributed by atoms with Crippen LogP contribution in [0.2, 0.25) is 0 Å². The van der Waals surface area contributed by atoms with Crippen molar-refractivity contribution < 1.29 is 14.4 Å². The molecule has 1 unspecified atom stereocenters. The molecule has 8 nitrogen and oxygen atoms in total. The first-order chi connectivity index (χ1) is 18.0. The number of carbonyl (C=O) groups excluding carboxylic acids is 3. The number of nitrogens with zero attached hydrogens (tertiary/aromatic N) is 3. The highest BCUT2D eigenvalue weighted by atomic mass is 32.1. The fourth-order valence-corrected chi connectivity index (χ4v) is 5.01. The second-order valence-electron chi connectivity index (χ2n) is 8.73. The summed E-state index contributed by atoms with van der Waals surface area (Å²) in [6, 6.07) is 23.6. The van der Waals surface area contributed by atoms with Gasteiger partial charge in [0, 0.05) is 41.4 Å². The Morgan fingerprint density at radius 3 is 2.41 bits per heavy atom. The SMILES string of the molecule is CCc1ccc(N2CC(c3nnc(NC(=O)c4cccc(NC(=O)c5ccccc5)c4)s3)CC2=O)cc1. The van der Waals surface area contributed by atoms with Crippen molar-refractivity contribution in [3.05, 3.63) is 101 Å². The van der Waals surface area contributed by atoms with Gasteiger partial charge in [-0.05, 0) is 54.4 Å². The van der Waals surface area contributed by atoms with Gasteiger partial charge in [0.25, 0.3) is 11.8 Å². The number of amides is 3. The van der Waals surface area contributed by atoms with Crippen LogP contribution in [0, 0.1) is 0 Å². The third-order valence-corrected chi connectivity index (χ3v) is 7.21. The summed E-state index contributed by atoms with van der Waals surface area (Å²) in [6.07, 6.45) is 1.30. The average Bonchev–Trinajstić information content (AvgIpc) is 3.56. The van der Waals surface area contributed by atoms with Crippen molar-refractivity contribution >= 4 is 45.6 Å². The molecule has 37 heavy (non-hydrogen) atoms. The maximum atomic E-state index is 12.8. The zero-order valence-electron chi connectivity index (χ0n) is 20.2. The molecule has 3 aromatic carbocycles. The zero-order chi connectivity index (χ0) is 25.8. The molecule has 0 bridgehead atoms. The van der Waals surface area contributed by atoms with E-state index < -0.39 is 0 Å². The number of aromatic nitrogens is 2. The molecule has 1 aliphatic rings. The lowest BCUT2D eigenvalue weighted by Gasteiger charge is -2.16. The molecule has 1 atom stereocenters. The predicted molar refractivity (Wildman–Crippen MR) is 144 cm³/mol. The minimum Gasteiger partial charge on any atom is -0.322 e. The Labute approximate surface area is 218 Å². The fraction of sp³-hybridized carbons (Fsp3) is 0.179. The number of hydrogen-bond donors (Lipinski definition) is 2. The Bertz CT molecular complexity index is 1440. The number of hydrogen-bond acceptors (Lipinski definition) is 6. The molecule has 9 heteroatoms. The molecule has 1 aliphatic heterocycles. The van der Waals surface area contributed by atoms with Gasteiger partial charge >= 0.3 is 0 Å². The van der Waals surface area contributed by atoms with Crippen molar-refractivity contribution in [2.75, 3.05) is 22.1 Å². The summed E-state index contributed by atoms with van der Waals surface area (Å²) in [4.78, 5) is 39.7. The van der Waals surface area contributed by atoms with Crippen LogP contribution in [0.25, 0.3) is 0 Å². The minimum atomic E-state index is -0.362. The van der Waals surface area contributed by atoms with E-state index in [9.17, 15) is 14.4 Å². The Morgan fingerprint density at radius 2 is 1.65 bits per heavy atom. The summed E-state index contributed by atoms with van der Waals surface area (Å²) in [5, 5.41) is 15.0. The summed E-state index contributed by atoms with van der Waals surface area (Å²) in [7, 11) is 0. The summed E-state index contributed by atoms with van der Waals surface area (Å²) in [5.74, 6) is -0.658. The number of carbonyl (C=O) groups is 3. The molecule has 186 valence electrons. The quantitative estimate of drug-likeness (QED) is 0.358. The Hall–Kier alpha value is -4.37. The van der Waals surface area contributed by atoms with Crippen LogP contribution in [0.15, 0.2) is 78.9 Å². The smallest absolute Gasteiger partial charge is 0.257 e. The molecule has 0 radical (unpaired) electrons. The molecular weight excluding hydrogens is 486 g/mol. The number of anilines is 3. The predicted octanol–water partition coefficient (Wildman–Crippen LogP) is 5.13. The number of benzene rings is 3. The molecule has 3 amide bonds. The standard InChI is InChI=1S/C28H25N5O3S/c1-2-18-11-13-23(14-12-18)33-17-21(16-24(33)34)27-31-32-28(37-27)30-26(36)20-9-6-10-22(15-20)29-25(35)19-7-4-3-5-8-19/h3-15,21H,2,16-17H2,1H3,(H,29,35)(H,30,32,36). The van der Waals surface area contributed by atoms with Gasteiger partial charge in [0.15, 0.2) is 0 Å². The molecule has 1 saturated heterocycles. The number of nitrogens with one attached hydrogen (secondary N) is 2. The van der Waals surface area contributed by atoms with E-state index in [2.05, 4.69) is 27.8 Å². The zero-order valence-corrected chi connectivity index (χ0v) is 21.0. The van der Waals surface area contributed by atoms with Crippen LogP contribution in [-0.4, -0.2) is 34.5 Å². The Morgan fingerprint density at radius 1 is 0.919 bits per heavy atom. The van der Waals surface area contributed by atoms with Crippen LogP contribution in [0.1, 0.15) is 50.5 Å². The molecule has 0 saturated carbocycles. The Balaban J connectivity index is 1.22. The van der Waals surface area contributed by atoms with Gasteiger partial charge in [-0.1, -0.05) is 54.7 Å². The highest BCUT2D eigenvalue weighted by Crippen LogP contribution is 2.34. The van der Waals surface area contributed by atoms with Gasteiger partial charge in [-0.2, -0.15) is 0 Å². The van der Waals surface area contributed by atoms with Crippen LogP contribution in [0.3, 0.4) is 0 Å². The maximum Gasteiger partial charge on any atom is 0.257 e. The normalized spacial score (nSPS) is 15.0. The van der Waals surface area contributed by atoms with E-state index in [1.54, 1.807) is 53.4 Å². The highest BCUT2D eigenvalue weighted by molar-refractivity contribution is 7.15. The molecule has 1 aromatic heterocycles. The Kier molecular flexibility index (Phi) is 7.04. The van der Waals surface area contributed by atoms with Gasteiger partial charge in [-0.3, -0.25) is 19.7 Å². The summed E-state index contributed by atoms with van der Waals surface area (Å²) < 4.78 is 0. The van der Waals surface area contributed by atoms with Crippen molar-refractivity contribution in [3.63, 3.8) is 0 Å². The van der Waals surface area contributed by atoms with E-state index in [0.717, 1.165) is 12.1 Å². The number of aryl methyl sites for hydroxylation is 1. The van der Waals surface area contributed by atoms with E-state index in [-0.39, 0.29) is 23.6 Å². The van der Waals surface area contributed by atoms with Crippen molar-refractivity contribution in [1.82, 2.24) is 10.2 Å². The van der Waals surface area contributed by atoms with Gasteiger partial charge < -0.3 is 10.2 Å². The van der Waals surface area contributed by atoms with Gasteiger partial charge in [-0.15, -0.1) is 10.2 Å². The van der Waals surface area contributed by atoms with Crippen molar-refractivity contribution in [1.29, 1.82) is 0 Å². The molecule has 0 aliphatic carbocycles. The van der Waals surface area contributed by atoms with Gasteiger partial charge in [0.05, 0.1) is 0 Å². The second kappa shape index (κ2) is 10.7. The topological polar surface area (TPSA) is 104 Å². The molecule has 2 N–H and O–H groups in total. The van der Waals surface area contributed by atoms with E-state index in [1.165, 1.54) is 16.9 Å². The molecular formula is C28H25N5O3S. The molecule has 5 rings (SSSR count). The van der Waals surface area contributed by atoms with Crippen molar-refractivity contribution in [2.24, 2.45) is 0 Å². The van der Waals surface area contributed by atoms with Crippen molar-refractivity contribution in [2.45, 2.75) is 25.7 Å². The summed E-state index contributed by atoms with van der Waals surface area (Å²) >= 11 is 1.27. The van der Waals surface area contributed by atoms with Crippen LogP contribution in [0.5, 0.6) is 0 Å². The summed E-state index contributed by atoms with van der Waals surface area (Å²) in [6.45, 7) is 2.62. The lowest BCUT2D eigenvalue weighted by atomic mass is 10.1. The molecule has 0 spiro atoms. The van der Waals surface area contributed by atoms with E-state index in [4.69, 9.17) is 0 Å². The van der Waals surface area contributed by atoms with Crippen LogP contribution >= 0.6 is 11.3 Å². The first kappa shape index (κ1) is 24.3. The fourth-order valence-electron chi connectivity index (χ4n) is 4.18. The van der Waals surface area contributed by atoms with E-state index in [1.807, 2.05) is 30.3 Å². The lowest BCUT2D eigenvalue weighted by Crippen LogP contribution is -2.24. The molecule has 2 heterocycles. The van der Waals surface area contributed by atoms with Gasteiger partial charge in [0.2, 0.25) is 11.0 Å². The van der Waals surface area contributed by atoms with E-state index in [0.29, 0.717) is 39.9 Å². The maximum absolute atomic E-state index is 12.8. The first-order valence-corrected chi connectivity index (χ1v) is 12.8. The third-order valence-electron chi connectivity index (χ3n) is 6.21. The van der Waals surface area contributed by atoms with Crippen LogP contribution < -0.4 is 15.5 Å².